The van der Waals surface area contributed by atoms with Crippen molar-refractivity contribution in [2.45, 2.75) is 6.54 Å². The molecule has 0 radical (unpaired) electrons. The van der Waals surface area contributed by atoms with Crippen LogP contribution >= 0.6 is 47.2 Å². The smallest absolute Gasteiger partial charge is 0.134 e. The third-order valence-corrected chi connectivity index (χ3v) is 3.88. The normalized spacial score (nSPS) is 11.2. The average Bonchev–Trinajstić information content (AvgIpc) is 2.34. The molecule has 0 unspecified atom stereocenters. The first-order valence-corrected chi connectivity index (χ1v) is 6.82. The van der Waals surface area contributed by atoms with Crippen molar-refractivity contribution in [1.29, 1.82) is 0 Å². The monoisotopic (exact) mass is 291 g/mol. The van der Waals surface area contributed by atoms with Crippen molar-refractivity contribution in [3.05, 3.63) is 46.5 Å². The van der Waals surface area contributed by atoms with Gasteiger partial charge in [-0.2, -0.15) is 0 Å². The average molecular weight is 292 g/mol. The standard InChI is InChI=1S/C11H11Cl2NS2/c12-6-10(13)8-16-11(15)14-7-9-4-2-1-3-5-9/h1-6H,7-8H2,(H,14,15)/b10-6-. The van der Waals surface area contributed by atoms with E-state index in [2.05, 4.69) is 5.32 Å². The molecule has 0 fully saturated rings. The van der Waals surface area contributed by atoms with Gasteiger partial charge in [0.25, 0.3) is 0 Å². The third kappa shape index (κ3) is 5.75. The van der Waals surface area contributed by atoms with Gasteiger partial charge >= 0.3 is 0 Å². The molecule has 1 aromatic rings. The fourth-order valence-electron chi connectivity index (χ4n) is 0.987. The highest BCUT2D eigenvalue weighted by atomic mass is 35.5. The molecule has 86 valence electrons. The van der Waals surface area contributed by atoms with Gasteiger partial charge in [0.1, 0.15) is 4.32 Å². The molecule has 1 aromatic carbocycles. The lowest BCUT2D eigenvalue weighted by Gasteiger charge is -2.06. The Kier molecular flexibility index (Phi) is 6.88. The second-order valence-electron chi connectivity index (χ2n) is 2.97. The lowest BCUT2D eigenvalue weighted by atomic mass is 10.2. The fourth-order valence-corrected chi connectivity index (χ4v) is 2.09. The lowest BCUT2D eigenvalue weighted by molar-refractivity contribution is 0.940. The summed E-state index contributed by atoms with van der Waals surface area (Å²) in [6.07, 6.45) is 0. The van der Waals surface area contributed by atoms with Crippen LogP contribution in [-0.4, -0.2) is 10.1 Å². The van der Waals surface area contributed by atoms with Crippen molar-refractivity contribution in [3.63, 3.8) is 0 Å². The van der Waals surface area contributed by atoms with Crippen LogP contribution in [0.4, 0.5) is 0 Å². The molecule has 0 saturated heterocycles. The fraction of sp³-hybridized carbons (Fsp3) is 0.182. The molecule has 0 atom stereocenters. The highest BCUT2D eigenvalue weighted by Crippen LogP contribution is 2.13. The van der Waals surface area contributed by atoms with Gasteiger partial charge in [-0.3, -0.25) is 0 Å². The van der Waals surface area contributed by atoms with Gasteiger partial charge in [-0.05, 0) is 5.56 Å². The largest absolute Gasteiger partial charge is 0.367 e. The van der Waals surface area contributed by atoms with Gasteiger partial charge in [-0.25, -0.2) is 0 Å². The molecule has 0 heterocycles. The first-order valence-electron chi connectivity index (χ1n) is 4.61. The highest BCUT2D eigenvalue weighted by Gasteiger charge is 1.99. The van der Waals surface area contributed by atoms with Gasteiger partial charge in [0.05, 0.1) is 0 Å². The summed E-state index contributed by atoms with van der Waals surface area (Å²) in [5.41, 5.74) is 2.55. The number of nitrogens with one attached hydrogen (secondary N) is 1. The summed E-state index contributed by atoms with van der Waals surface area (Å²) in [4.78, 5) is 0. The summed E-state index contributed by atoms with van der Waals surface area (Å²) in [6, 6.07) is 10.1. The molecule has 5 heteroatoms. The summed E-state index contributed by atoms with van der Waals surface area (Å²) in [6.45, 7) is 0.731. The van der Waals surface area contributed by atoms with Gasteiger partial charge in [-0.15, -0.1) is 0 Å². The number of benzene rings is 1. The summed E-state index contributed by atoms with van der Waals surface area (Å²) in [7, 11) is 0. The number of rotatable bonds is 4. The van der Waals surface area contributed by atoms with Crippen LogP contribution in [0.1, 0.15) is 5.56 Å². The minimum atomic E-state index is 0.593. The van der Waals surface area contributed by atoms with E-state index in [9.17, 15) is 0 Å². The molecule has 0 aliphatic carbocycles. The Labute approximate surface area is 115 Å². The molecule has 1 rings (SSSR count). The van der Waals surface area contributed by atoms with E-state index in [0.29, 0.717) is 10.8 Å². The van der Waals surface area contributed by atoms with Crippen LogP contribution < -0.4 is 5.32 Å². The molecule has 0 amide bonds. The Morgan fingerprint density at radius 2 is 2.06 bits per heavy atom. The molecule has 0 aromatic heterocycles. The van der Waals surface area contributed by atoms with E-state index in [-0.39, 0.29) is 0 Å². The van der Waals surface area contributed by atoms with E-state index < -0.39 is 0 Å². The van der Waals surface area contributed by atoms with E-state index in [0.717, 1.165) is 10.9 Å². The zero-order valence-electron chi connectivity index (χ0n) is 8.45. The van der Waals surface area contributed by atoms with E-state index in [1.807, 2.05) is 30.3 Å². The summed E-state index contributed by atoms with van der Waals surface area (Å²) in [5, 5.41) is 3.74. The first-order chi connectivity index (χ1) is 7.72. The van der Waals surface area contributed by atoms with E-state index in [1.54, 1.807) is 0 Å². The Morgan fingerprint density at radius 3 is 2.69 bits per heavy atom. The van der Waals surface area contributed by atoms with Crippen LogP contribution in [0.3, 0.4) is 0 Å². The van der Waals surface area contributed by atoms with Crippen molar-refractivity contribution < 1.29 is 0 Å². The van der Waals surface area contributed by atoms with Crippen molar-refractivity contribution in [2.24, 2.45) is 0 Å². The van der Waals surface area contributed by atoms with Crippen molar-refractivity contribution in [2.75, 3.05) is 5.75 Å². The highest BCUT2D eigenvalue weighted by molar-refractivity contribution is 8.23. The maximum atomic E-state index is 5.75. The van der Waals surface area contributed by atoms with E-state index >= 15 is 0 Å². The third-order valence-electron chi connectivity index (χ3n) is 1.74. The second-order valence-corrected chi connectivity index (χ2v) is 5.33. The molecule has 0 saturated carbocycles. The van der Waals surface area contributed by atoms with Gasteiger partial charge in [0.2, 0.25) is 0 Å². The Balaban J connectivity index is 2.26. The number of thiocarbonyl (C=S) groups is 1. The minimum Gasteiger partial charge on any atom is -0.367 e. The number of hydrogen-bond donors (Lipinski definition) is 1. The quantitative estimate of drug-likeness (QED) is 0.839. The van der Waals surface area contributed by atoms with Crippen molar-refractivity contribution >= 4 is 51.5 Å². The molecule has 1 nitrogen and oxygen atoms in total. The van der Waals surface area contributed by atoms with Crippen LogP contribution in [0, 0.1) is 0 Å². The predicted octanol–water partition coefficient (Wildman–Crippen LogP) is 4.11. The number of thioether (sulfide) groups is 1. The lowest BCUT2D eigenvalue weighted by Crippen LogP contribution is -2.17. The SMILES string of the molecule is S=C(NCc1ccccc1)SC/C(Cl)=C/Cl. The van der Waals surface area contributed by atoms with Crippen LogP contribution in [0.25, 0.3) is 0 Å². The topological polar surface area (TPSA) is 12.0 Å². The van der Waals surface area contributed by atoms with Crippen molar-refractivity contribution in [1.82, 2.24) is 5.32 Å². The molecule has 0 spiro atoms. The maximum Gasteiger partial charge on any atom is 0.134 e. The van der Waals surface area contributed by atoms with Gasteiger partial charge in [0.15, 0.2) is 0 Å². The van der Waals surface area contributed by atoms with E-state index in [1.165, 1.54) is 22.9 Å². The molecule has 0 aliphatic rings. The summed E-state index contributed by atoms with van der Waals surface area (Å²) >= 11 is 17.8. The van der Waals surface area contributed by atoms with Gasteiger partial charge in [-0.1, -0.05) is 77.5 Å². The van der Waals surface area contributed by atoms with Crippen LogP contribution in [0.5, 0.6) is 0 Å². The maximum absolute atomic E-state index is 5.75. The van der Waals surface area contributed by atoms with Crippen LogP contribution in [-0.2, 0) is 6.54 Å². The minimum absolute atomic E-state index is 0.593. The molecule has 0 bridgehead atoms. The van der Waals surface area contributed by atoms with Crippen LogP contribution in [0.15, 0.2) is 40.9 Å². The molecule has 16 heavy (non-hydrogen) atoms. The summed E-state index contributed by atoms with van der Waals surface area (Å²) < 4.78 is 0.723. The Morgan fingerprint density at radius 1 is 1.38 bits per heavy atom. The Hall–Kier alpha value is -0.220. The molecule has 0 aliphatic heterocycles. The van der Waals surface area contributed by atoms with Crippen molar-refractivity contribution in [3.8, 4) is 0 Å². The summed E-state index contributed by atoms with van der Waals surface area (Å²) in [5.74, 6) is 0.603. The predicted molar refractivity (Wildman–Crippen MR) is 78.1 cm³/mol. The zero-order valence-corrected chi connectivity index (χ0v) is 11.6. The number of hydrogen-bond acceptors (Lipinski definition) is 2. The number of halogens is 2. The molecule has 1 N–H and O–H groups in total. The zero-order chi connectivity index (χ0) is 11.8. The van der Waals surface area contributed by atoms with E-state index in [4.69, 9.17) is 35.4 Å². The van der Waals surface area contributed by atoms with Gasteiger partial charge < -0.3 is 5.32 Å². The molecular weight excluding hydrogens is 281 g/mol. The second kappa shape index (κ2) is 7.96. The van der Waals surface area contributed by atoms with Gasteiger partial charge in [0, 0.05) is 22.9 Å². The molecular formula is C11H11Cl2NS2. The Bertz CT molecular complexity index is 366. The van der Waals surface area contributed by atoms with Crippen LogP contribution in [0.2, 0.25) is 0 Å². The first kappa shape index (κ1) is 13.8.